The van der Waals surface area contributed by atoms with Gasteiger partial charge in [0.15, 0.2) is 0 Å². The number of rotatable bonds is 6. The van der Waals surface area contributed by atoms with Crippen LogP contribution in [0.2, 0.25) is 0 Å². The first-order valence-corrected chi connectivity index (χ1v) is 8.51. The maximum Gasteiger partial charge on any atom is 0.251 e. The van der Waals surface area contributed by atoms with Crippen LogP contribution in [0.1, 0.15) is 21.7 Å². The number of phenols is 2. The smallest absolute Gasteiger partial charge is 0.251 e. The number of aromatic hydroxyl groups is 2. The van der Waals surface area contributed by atoms with Crippen LogP contribution in [-0.2, 0) is 10.0 Å². The number of aryl methyl sites for hydroxylation is 2. The third-order valence-electron chi connectivity index (χ3n) is 3.20. The van der Waals surface area contributed by atoms with Gasteiger partial charge in [0.2, 0.25) is 10.0 Å². The molecule has 0 aliphatic heterocycles. The van der Waals surface area contributed by atoms with E-state index in [1.54, 1.807) is 13.8 Å². The van der Waals surface area contributed by atoms with Crippen molar-refractivity contribution in [2.24, 2.45) is 0 Å². The summed E-state index contributed by atoms with van der Waals surface area (Å²) in [5.74, 6) is -1.03. The number of benzene rings is 1. The highest BCUT2D eigenvalue weighted by molar-refractivity contribution is 7.89. The summed E-state index contributed by atoms with van der Waals surface area (Å²) in [5.41, 5.74) is 0.857. The molecule has 2 rings (SSSR count). The molecule has 0 saturated carbocycles. The number of hydrogen-bond acceptors (Lipinski definition) is 6. The molecular weight excluding hydrogens is 336 g/mol. The fourth-order valence-electron chi connectivity index (χ4n) is 2.20. The number of amides is 1. The Morgan fingerprint density at radius 3 is 2.33 bits per heavy atom. The number of nitrogens with zero attached hydrogens (tertiary/aromatic N) is 1. The van der Waals surface area contributed by atoms with Crippen LogP contribution in [0.25, 0.3) is 0 Å². The molecule has 10 heteroatoms. The van der Waals surface area contributed by atoms with Crippen LogP contribution in [0.15, 0.2) is 23.1 Å². The molecule has 9 nitrogen and oxygen atoms in total. The van der Waals surface area contributed by atoms with Crippen molar-refractivity contribution in [2.75, 3.05) is 13.1 Å². The number of phenolic OH excluding ortho intramolecular Hbond substituents is 2. The number of aromatic amines is 1. The van der Waals surface area contributed by atoms with E-state index in [1.807, 2.05) is 0 Å². The van der Waals surface area contributed by atoms with Crippen LogP contribution >= 0.6 is 0 Å². The molecule has 0 radical (unpaired) electrons. The van der Waals surface area contributed by atoms with Crippen molar-refractivity contribution in [3.63, 3.8) is 0 Å². The number of nitrogens with one attached hydrogen (secondary N) is 3. The van der Waals surface area contributed by atoms with Gasteiger partial charge in [-0.2, -0.15) is 5.10 Å². The number of H-pyrrole nitrogens is 1. The summed E-state index contributed by atoms with van der Waals surface area (Å²) in [6.45, 7) is 3.19. The zero-order valence-corrected chi connectivity index (χ0v) is 13.9. The molecule has 24 heavy (non-hydrogen) atoms. The van der Waals surface area contributed by atoms with E-state index in [9.17, 15) is 23.4 Å². The maximum absolute atomic E-state index is 12.2. The third-order valence-corrected chi connectivity index (χ3v) is 4.92. The van der Waals surface area contributed by atoms with Crippen LogP contribution < -0.4 is 10.0 Å². The lowest BCUT2D eigenvalue weighted by Crippen LogP contribution is -2.35. The molecule has 0 bridgehead atoms. The topological polar surface area (TPSA) is 144 Å². The largest absolute Gasteiger partial charge is 0.508 e. The fourth-order valence-corrected chi connectivity index (χ4v) is 3.60. The number of sulfonamides is 1. The molecule has 1 amide bonds. The second-order valence-corrected chi connectivity index (χ2v) is 6.86. The molecule has 1 heterocycles. The molecule has 0 fully saturated rings. The quantitative estimate of drug-likeness (QED) is 0.467. The first-order valence-electron chi connectivity index (χ1n) is 7.03. The normalized spacial score (nSPS) is 11.4. The standard InChI is InChI=1S/C14H18N4O5S/c1-8-13(9(2)18-17-8)24(22,23)16-4-3-15-14(21)10-5-11(19)7-12(20)6-10/h5-7,16,19-20H,3-4H2,1-2H3,(H,15,21)(H,17,18). The molecule has 0 unspecified atom stereocenters. The molecule has 2 aromatic rings. The summed E-state index contributed by atoms with van der Waals surface area (Å²) in [6.07, 6.45) is 0. The predicted molar refractivity (Wildman–Crippen MR) is 85.4 cm³/mol. The monoisotopic (exact) mass is 354 g/mol. The van der Waals surface area contributed by atoms with E-state index in [2.05, 4.69) is 20.2 Å². The summed E-state index contributed by atoms with van der Waals surface area (Å²) in [4.78, 5) is 12.0. The summed E-state index contributed by atoms with van der Waals surface area (Å²) >= 11 is 0. The third kappa shape index (κ3) is 4.03. The lowest BCUT2D eigenvalue weighted by molar-refractivity contribution is 0.0953. The number of carbonyl (C=O) groups excluding carboxylic acids is 1. The lowest BCUT2D eigenvalue weighted by atomic mass is 10.2. The molecule has 0 spiro atoms. The van der Waals surface area contributed by atoms with Crippen LogP contribution in [0, 0.1) is 13.8 Å². The van der Waals surface area contributed by atoms with Gasteiger partial charge in [-0.1, -0.05) is 0 Å². The van der Waals surface area contributed by atoms with Gasteiger partial charge < -0.3 is 15.5 Å². The van der Waals surface area contributed by atoms with Gasteiger partial charge in [-0.25, -0.2) is 13.1 Å². The average molecular weight is 354 g/mol. The summed E-state index contributed by atoms with van der Waals surface area (Å²) in [6, 6.07) is 3.48. The fraction of sp³-hybridized carbons (Fsp3) is 0.286. The Hall–Kier alpha value is -2.59. The number of carbonyl (C=O) groups is 1. The van der Waals surface area contributed by atoms with E-state index in [4.69, 9.17) is 0 Å². The Kier molecular flexibility index (Phi) is 5.10. The van der Waals surface area contributed by atoms with E-state index >= 15 is 0 Å². The van der Waals surface area contributed by atoms with Crippen LogP contribution in [0.5, 0.6) is 11.5 Å². The van der Waals surface area contributed by atoms with Gasteiger partial charge in [-0.15, -0.1) is 0 Å². The van der Waals surface area contributed by atoms with Crippen molar-refractivity contribution in [1.29, 1.82) is 0 Å². The number of hydrogen-bond donors (Lipinski definition) is 5. The molecule has 0 atom stereocenters. The Morgan fingerprint density at radius 1 is 1.17 bits per heavy atom. The molecule has 1 aromatic carbocycles. The summed E-state index contributed by atoms with van der Waals surface area (Å²) < 4.78 is 26.7. The van der Waals surface area contributed by atoms with Gasteiger partial charge in [0, 0.05) is 24.7 Å². The van der Waals surface area contributed by atoms with E-state index in [-0.39, 0.29) is 35.0 Å². The highest BCUT2D eigenvalue weighted by Crippen LogP contribution is 2.20. The molecular formula is C14H18N4O5S. The molecule has 0 aliphatic rings. The van der Waals surface area contributed by atoms with Crippen molar-refractivity contribution >= 4 is 15.9 Å². The molecule has 0 aliphatic carbocycles. The van der Waals surface area contributed by atoms with E-state index < -0.39 is 15.9 Å². The second-order valence-electron chi connectivity index (χ2n) is 5.15. The first kappa shape index (κ1) is 17.8. The Labute approximate surface area is 138 Å². The van der Waals surface area contributed by atoms with Gasteiger partial charge >= 0.3 is 0 Å². The highest BCUT2D eigenvalue weighted by Gasteiger charge is 2.21. The Bertz CT molecular complexity index is 820. The average Bonchev–Trinajstić information content (AvgIpc) is 2.82. The summed E-state index contributed by atoms with van der Waals surface area (Å²) in [7, 11) is -3.73. The first-order chi connectivity index (χ1) is 11.2. The van der Waals surface area contributed by atoms with Crippen molar-refractivity contribution in [3.05, 3.63) is 35.2 Å². The molecule has 5 N–H and O–H groups in total. The van der Waals surface area contributed by atoms with Crippen LogP contribution in [0.3, 0.4) is 0 Å². The van der Waals surface area contributed by atoms with Crippen molar-refractivity contribution < 1.29 is 23.4 Å². The molecule has 130 valence electrons. The van der Waals surface area contributed by atoms with E-state index in [1.165, 1.54) is 12.1 Å². The lowest BCUT2D eigenvalue weighted by Gasteiger charge is -2.09. The van der Waals surface area contributed by atoms with E-state index in [0.717, 1.165) is 6.07 Å². The molecule has 1 aromatic heterocycles. The van der Waals surface area contributed by atoms with Crippen molar-refractivity contribution in [2.45, 2.75) is 18.7 Å². The minimum Gasteiger partial charge on any atom is -0.508 e. The summed E-state index contributed by atoms with van der Waals surface area (Å²) in [5, 5.41) is 27.6. The highest BCUT2D eigenvalue weighted by atomic mass is 32.2. The predicted octanol–water partition coefficient (Wildman–Crippen LogP) is 0.146. The van der Waals surface area contributed by atoms with Gasteiger partial charge in [0.05, 0.1) is 11.4 Å². The molecule has 0 saturated heterocycles. The van der Waals surface area contributed by atoms with Crippen molar-refractivity contribution in [1.82, 2.24) is 20.2 Å². The van der Waals surface area contributed by atoms with Gasteiger partial charge in [-0.05, 0) is 26.0 Å². The van der Waals surface area contributed by atoms with Crippen molar-refractivity contribution in [3.8, 4) is 11.5 Å². The zero-order valence-electron chi connectivity index (χ0n) is 13.1. The minimum atomic E-state index is -3.73. The van der Waals surface area contributed by atoms with E-state index in [0.29, 0.717) is 11.4 Å². The zero-order chi connectivity index (χ0) is 17.9. The maximum atomic E-state index is 12.2. The minimum absolute atomic E-state index is 0.0249. The Balaban J connectivity index is 1.92. The van der Waals surface area contributed by atoms with Gasteiger partial charge in [-0.3, -0.25) is 9.89 Å². The Morgan fingerprint density at radius 2 is 1.79 bits per heavy atom. The van der Waals surface area contributed by atoms with Crippen LogP contribution in [0.4, 0.5) is 0 Å². The second kappa shape index (κ2) is 6.89. The number of aromatic nitrogens is 2. The van der Waals surface area contributed by atoms with Gasteiger partial charge in [0.25, 0.3) is 5.91 Å². The van der Waals surface area contributed by atoms with Crippen LogP contribution in [-0.4, -0.2) is 47.8 Å². The SMILES string of the molecule is Cc1n[nH]c(C)c1S(=O)(=O)NCCNC(=O)c1cc(O)cc(O)c1. The van der Waals surface area contributed by atoms with Gasteiger partial charge in [0.1, 0.15) is 16.4 Å².